The number of guanidine groups is 1. The van der Waals surface area contributed by atoms with Gasteiger partial charge in [0, 0.05) is 20.1 Å². The maximum atomic E-state index is 12.0. The molecule has 0 radical (unpaired) electrons. The predicted molar refractivity (Wildman–Crippen MR) is 118 cm³/mol. The molecule has 1 heterocycles. The van der Waals surface area contributed by atoms with Crippen LogP contribution in [0.4, 0.5) is 0 Å². The molecule has 2 aromatic rings. The fraction of sp³-hybridized carbons (Fsp3) is 0.476. The van der Waals surface area contributed by atoms with E-state index in [-0.39, 0.29) is 12.0 Å². The highest BCUT2D eigenvalue weighted by Crippen LogP contribution is 2.24. The molecule has 1 atom stereocenters. The number of esters is 1. The number of thiazole rings is 1. The molecule has 1 aromatic heterocycles. The van der Waals surface area contributed by atoms with Crippen LogP contribution in [0.3, 0.4) is 0 Å². The number of hydrogen-bond acceptors (Lipinski definition) is 6. The first kappa shape index (κ1) is 22.8. The maximum Gasteiger partial charge on any atom is 0.350 e. The van der Waals surface area contributed by atoms with Crippen LogP contribution in [-0.4, -0.2) is 49.6 Å². The molecule has 0 amide bonds. The second-order valence-electron chi connectivity index (χ2n) is 7.04. The van der Waals surface area contributed by atoms with Gasteiger partial charge < -0.3 is 20.3 Å². The molecule has 0 saturated heterocycles. The number of nitrogens with one attached hydrogen (secondary N) is 2. The van der Waals surface area contributed by atoms with E-state index in [1.54, 1.807) is 14.0 Å². The summed E-state index contributed by atoms with van der Waals surface area (Å²) in [7, 11) is 5.86. The zero-order chi connectivity index (χ0) is 21.4. The number of hydrogen-bond donors (Lipinski definition) is 2. The highest BCUT2D eigenvalue weighted by Gasteiger charge is 2.20. The van der Waals surface area contributed by atoms with Crippen LogP contribution in [0.25, 0.3) is 0 Å². The number of carbonyl (C=O) groups excluding carboxylic acids is 1. The van der Waals surface area contributed by atoms with Gasteiger partial charge in [-0.05, 0) is 46.0 Å². The van der Waals surface area contributed by atoms with Crippen LogP contribution in [0.5, 0.6) is 0 Å². The number of aliphatic imine (C=N–C) groups is 1. The fourth-order valence-corrected chi connectivity index (χ4v) is 3.80. The molecule has 0 bridgehead atoms. The third kappa shape index (κ3) is 6.83. The van der Waals surface area contributed by atoms with Crippen molar-refractivity contribution >= 4 is 23.3 Å². The first-order chi connectivity index (χ1) is 13.8. The summed E-state index contributed by atoms with van der Waals surface area (Å²) in [6.07, 6.45) is 0. The van der Waals surface area contributed by atoms with Crippen molar-refractivity contribution in [2.24, 2.45) is 4.99 Å². The van der Waals surface area contributed by atoms with Crippen LogP contribution in [0.15, 0.2) is 29.3 Å². The molecule has 158 valence electrons. The second-order valence-corrected chi connectivity index (χ2v) is 8.07. The number of nitrogens with zero attached hydrogens (tertiary/aromatic N) is 3. The highest BCUT2D eigenvalue weighted by atomic mass is 32.1. The first-order valence-corrected chi connectivity index (χ1v) is 10.5. The van der Waals surface area contributed by atoms with Crippen LogP contribution >= 0.6 is 11.3 Å². The Hall–Kier alpha value is -2.45. The van der Waals surface area contributed by atoms with Gasteiger partial charge in [-0.25, -0.2) is 9.78 Å². The van der Waals surface area contributed by atoms with Crippen LogP contribution < -0.4 is 10.6 Å². The number of rotatable bonds is 8. The lowest BCUT2D eigenvalue weighted by Crippen LogP contribution is -2.38. The Labute approximate surface area is 177 Å². The smallest absolute Gasteiger partial charge is 0.350 e. The Morgan fingerprint density at radius 1 is 1.34 bits per heavy atom. The maximum absolute atomic E-state index is 12.0. The molecule has 0 spiro atoms. The summed E-state index contributed by atoms with van der Waals surface area (Å²) >= 11 is 1.35. The van der Waals surface area contributed by atoms with E-state index in [2.05, 4.69) is 63.9 Å². The topological polar surface area (TPSA) is 78.8 Å². The van der Waals surface area contributed by atoms with Gasteiger partial charge in [-0.2, -0.15) is 0 Å². The summed E-state index contributed by atoms with van der Waals surface area (Å²) in [6.45, 7) is 7.55. The average molecular weight is 418 g/mol. The highest BCUT2D eigenvalue weighted by molar-refractivity contribution is 7.13. The van der Waals surface area contributed by atoms with E-state index in [4.69, 9.17) is 4.74 Å². The molecular weight excluding hydrogens is 386 g/mol. The van der Waals surface area contributed by atoms with Crippen molar-refractivity contribution in [1.29, 1.82) is 0 Å². The van der Waals surface area contributed by atoms with Crippen molar-refractivity contribution < 1.29 is 9.53 Å². The molecule has 2 N–H and O–H groups in total. The Morgan fingerprint density at radius 2 is 2.07 bits per heavy atom. The van der Waals surface area contributed by atoms with E-state index in [1.807, 2.05) is 13.8 Å². The Balaban J connectivity index is 1.98. The molecule has 2 rings (SSSR count). The van der Waals surface area contributed by atoms with Gasteiger partial charge in [0.25, 0.3) is 0 Å². The normalized spacial score (nSPS) is 12.7. The molecule has 0 saturated carbocycles. The summed E-state index contributed by atoms with van der Waals surface area (Å²) in [4.78, 5) is 23.6. The Bertz CT molecular complexity index is 847. The summed E-state index contributed by atoms with van der Waals surface area (Å²) in [6, 6.07) is 8.40. The van der Waals surface area contributed by atoms with Gasteiger partial charge in [0.15, 0.2) is 5.96 Å². The van der Waals surface area contributed by atoms with E-state index >= 15 is 0 Å². The van der Waals surface area contributed by atoms with Crippen molar-refractivity contribution in [2.75, 3.05) is 27.7 Å². The summed E-state index contributed by atoms with van der Waals surface area (Å²) < 4.78 is 5.10. The van der Waals surface area contributed by atoms with Crippen LogP contribution in [0, 0.1) is 6.92 Å². The SMILES string of the molecule is CCOC(=O)c1sc(C(C)NC(=NC)NCc2cccc(CN(C)C)c2)nc1C. The fourth-order valence-electron chi connectivity index (χ4n) is 2.84. The third-order valence-corrected chi connectivity index (χ3v) is 5.49. The number of ether oxygens (including phenoxy) is 1. The second kappa shape index (κ2) is 10.9. The van der Waals surface area contributed by atoms with Gasteiger partial charge in [-0.1, -0.05) is 24.3 Å². The standard InChI is InChI=1S/C21H31N5O2S/c1-7-28-20(27)18-14(2)24-19(29-18)15(3)25-21(22-4)23-12-16-9-8-10-17(11-16)13-26(5)6/h8-11,15H,7,12-13H2,1-6H3,(H2,22,23,25). The van der Waals surface area contributed by atoms with Gasteiger partial charge in [0.05, 0.1) is 18.3 Å². The summed E-state index contributed by atoms with van der Waals surface area (Å²) in [5, 5.41) is 7.50. The van der Waals surface area contributed by atoms with Crippen LogP contribution in [0.1, 0.15) is 51.4 Å². The van der Waals surface area contributed by atoms with Gasteiger partial charge >= 0.3 is 5.97 Å². The Morgan fingerprint density at radius 3 is 2.72 bits per heavy atom. The minimum Gasteiger partial charge on any atom is -0.462 e. The quantitative estimate of drug-likeness (QED) is 0.390. The molecule has 0 aliphatic rings. The van der Waals surface area contributed by atoms with E-state index in [0.29, 0.717) is 29.7 Å². The number of carbonyl (C=O) groups is 1. The monoisotopic (exact) mass is 417 g/mol. The van der Waals surface area contributed by atoms with Gasteiger partial charge in [-0.3, -0.25) is 4.99 Å². The van der Waals surface area contributed by atoms with E-state index in [9.17, 15) is 4.79 Å². The largest absolute Gasteiger partial charge is 0.462 e. The third-order valence-electron chi connectivity index (χ3n) is 4.17. The molecule has 1 unspecified atom stereocenters. The summed E-state index contributed by atoms with van der Waals surface area (Å²) in [5.74, 6) is 0.363. The molecular formula is C21H31N5O2S. The molecule has 0 aliphatic carbocycles. The minimum atomic E-state index is -0.318. The van der Waals surface area contributed by atoms with Crippen LogP contribution in [0.2, 0.25) is 0 Å². The van der Waals surface area contributed by atoms with E-state index in [1.165, 1.54) is 22.5 Å². The lowest BCUT2D eigenvalue weighted by Gasteiger charge is -2.17. The van der Waals surface area contributed by atoms with Gasteiger partial charge in [0.1, 0.15) is 9.88 Å². The molecule has 0 fully saturated rings. The van der Waals surface area contributed by atoms with E-state index < -0.39 is 0 Å². The number of aryl methyl sites for hydroxylation is 1. The average Bonchev–Trinajstić information content (AvgIpc) is 3.07. The summed E-state index contributed by atoms with van der Waals surface area (Å²) in [5.41, 5.74) is 3.16. The molecule has 0 aliphatic heterocycles. The van der Waals surface area contributed by atoms with Crippen LogP contribution in [-0.2, 0) is 17.8 Å². The molecule has 1 aromatic carbocycles. The van der Waals surface area contributed by atoms with Crippen molar-refractivity contribution in [1.82, 2.24) is 20.5 Å². The first-order valence-electron chi connectivity index (χ1n) is 9.68. The zero-order valence-electron chi connectivity index (χ0n) is 18.1. The lowest BCUT2D eigenvalue weighted by atomic mass is 10.1. The predicted octanol–water partition coefficient (Wildman–Crippen LogP) is 3.12. The van der Waals surface area contributed by atoms with Gasteiger partial charge in [-0.15, -0.1) is 11.3 Å². The number of benzene rings is 1. The van der Waals surface area contributed by atoms with E-state index in [0.717, 1.165) is 11.6 Å². The molecule has 7 nitrogen and oxygen atoms in total. The minimum absolute atomic E-state index is 0.0897. The van der Waals surface area contributed by atoms with Crippen molar-refractivity contribution in [3.8, 4) is 0 Å². The van der Waals surface area contributed by atoms with Crippen molar-refractivity contribution in [2.45, 2.75) is 39.9 Å². The molecule has 8 heteroatoms. The number of aromatic nitrogens is 1. The Kier molecular flexibility index (Phi) is 8.60. The van der Waals surface area contributed by atoms with Gasteiger partial charge in [0.2, 0.25) is 0 Å². The van der Waals surface area contributed by atoms with Crippen molar-refractivity contribution in [3.63, 3.8) is 0 Å². The lowest BCUT2D eigenvalue weighted by molar-refractivity contribution is 0.0531. The zero-order valence-corrected chi connectivity index (χ0v) is 18.9. The molecule has 29 heavy (non-hydrogen) atoms. The van der Waals surface area contributed by atoms with Crippen molar-refractivity contribution in [3.05, 3.63) is 51.0 Å².